The minimum absolute atomic E-state index is 0.0830. The Morgan fingerprint density at radius 2 is 1.64 bits per heavy atom. The lowest BCUT2D eigenvalue weighted by Gasteiger charge is -2.34. The van der Waals surface area contributed by atoms with E-state index >= 15 is 0 Å². The van der Waals surface area contributed by atoms with Gasteiger partial charge in [-0.2, -0.15) is 0 Å². The molecule has 1 rings (SSSR count). The van der Waals surface area contributed by atoms with E-state index in [0.717, 1.165) is 0 Å². The van der Waals surface area contributed by atoms with Crippen LogP contribution >= 0.6 is 0 Å². The van der Waals surface area contributed by atoms with E-state index in [4.69, 9.17) is 0 Å². The summed E-state index contributed by atoms with van der Waals surface area (Å²) in [6.45, 7) is 5.76. The minimum atomic E-state index is -0.814. The van der Waals surface area contributed by atoms with Gasteiger partial charge in [0, 0.05) is 5.92 Å². The second-order valence-corrected chi connectivity index (χ2v) is 4.61. The third-order valence-electron chi connectivity index (χ3n) is 3.89. The zero-order valence-electron chi connectivity index (χ0n) is 9.27. The maximum absolute atomic E-state index is 10.3. The number of aliphatic hydroxyl groups excluding tert-OH is 2. The van der Waals surface area contributed by atoms with Crippen LogP contribution in [0.15, 0.2) is 0 Å². The van der Waals surface area contributed by atoms with Gasteiger partial charge >= 0.3 is 0 Å². The highest BCUT2D eigenvalue weighted by molar-refractivity contribution is 4.98. The van der Waals surface area contributed by atoms with Gasteiger partial charge in [-0.25, -0.2) is 0 Å². The van der Waals surface area contributed by atoms with Crippen molar-refractivity contribution in [3.05, 3.63) is 0 Å². The summed E-state index contributed by atoms with van der Waals surface area (Å²) >= 11 is 0. The molecule has 1 aliphatic carbocycles. The van der Waals surface area contributed by atoms with E-state index in [1.165, 1.54) is 0 Å². The molecule has 4 unspecified atom stereocenters. The lowest BCUT2D eigenvalue weighted by Crippen LogP contribution is -2.43. The van der Waals surface area contributed by atoms with E-state index in [1.807, 2.05) is 20.8 Å². The summed E-state index contributed by atoms with van der Waals surface area (Å²) in [5.74, 6) is -0.0953. The summed E-state index contributed by atoms with van der Waals surface area (Å²) in [4.78, 5) is 0. The lowest BCUT2D eigenvalue weighted by molar-refractivity contribution is -0.0849. The molecule has 84 valence electrons. The van der Waals surface area contributed by atoms with Gasteiger partial charge in [0.05, 0.1) is 17.8 Å². The molecule has 0 aromatic rings. The molecule has 1 saturated carbocycles. The van der Waals surface area contributed by atoms with Crippen molar-refractivity contribution in [2.45, 2.75) is 57.8 Å². The molecule has 0 aromatic carbocycles. The van der Waals surface area contributed by atoms with Gasteiger partial charge in [-0.3, -0.25) is 0 Å². The Kier molecular flexibility index (Phi) is 3.56. The molecule has 0 aliphatic heterocycles. The zero-order chi connectivity index (χ0) is 10.9. The molecule has 0 radical (unpaired) electrons. The van der Waals surface area contributed by atoms with E-state index in [9.17, 15) is 15.3 Å². The highest BCUT2D eigenvalue weighted by atomic mass is 16.3. The molecule has 14 heavy (non-hydrogen) atoms. The minimum Gasteiger partial charge on any atom is -0.390 e. The van der Waals surface area contributed by atoms with Crippen LogP contribution in [0.4, 0.5) is 0 Å². The highest BCUT2D eigenvalue weighted by Gasteiger charge is 2.48. The van der Waals surface area contributed by atoms with Crippen LogP contribution in [-0.4, -0.2) is 33.1 Å². The summed E-state index contributed by atoms with van der Waals surface area (Å²) in [5, 5.41) is 29.7. The Balaban J connectivity index is 2.79. The lowest BCUT2D eigenvalue weighted by atomic mass is 9.80. The maximum Gasteiger partial charge on any atom is 0.0857 e. The number of aliphatic hydroxyl groups is 3. The van der Waals surface area contributed by atoms with Gasteiger partial charge in [0.25, 0.3) is 0 Å². The SMILES string of the molecule is CCC(O)(CC)C1CC(C)C(O)C1O. The third kappa shape index (κ3) is 1.81. The number of hydrogen-bond donors (Lipinski definition) is 3. The molecular formula is C11H22O3. The average molecular weight is 202 g/mol. The van der Waals surface area contributed by atoms with Gasteiger partial charge in [0.15, 0.2) is 0 Å². The van der Waals surface area contributed by atoms with Gasteiger partial charge in [-0.05, 0) is 25.2 Å². The first-order valence-electron chi connectivity index (χ1n) is 5.54. The summed E-state index contributed by atoms with van der Waals surface area (Å²) in [6.07, 6.45) is 0.523. The molecule has 4 atom stereocenters. The molecule has 1 fully saturated rings. The molecule has 0 aromatic heterocycles. The number of rotatable bonds is 3. The third-order valence-corrected chi connectivity index (χ3v) is 3.89. The molecule has 3 heteroatoms. The van der Waals surface area contributed by atoms with Crippen molar-refractivity contribution in [3.8, 4) is 0 Å². The Morgan fingerprint density at radius 3 is 1.93 bits per heavy atom. The van der Waals surface area contributed by atoms with Crippen molar-refractivity contribution in [2.24, 2.45) is 11.8 Å². The Bertz CT molecular complexity index is 189. The summed E-state index contributed by atoms with van der Waals surface area (Å²) in [6, 6.07) is 0. The second-order valence-electron chi connectivity index (χ2n) is 4.61. The van der Waals surface area contributed by atoms with Crippen LogP contribution < -0.4 is 0 Å². The van der Waals surface area contributed by atoms with E-state index < -0.39 is 17.8 Å². The van der Waals surface area contributed by atoms with Crippen molar-refractivity contribution in [1.82, 2.24) is 0 Å². The number of hydrogen-bond acceptors (Lipinski definition) is 3. The Hall–Kier alpha value is -0.120. The molecule has 3 N–H and O–H groups in total. The van der Waals surface area contributed by atoms with Gasteiger partial charge in [-0.1, -0.05) is 20.8 Å². The standard InChI is InChI=1S/C11H22O3/c1-4-11(14,5-2)8-6-7(3)9(12)10(8)13/h7-10,12-14H,4-6H2,1-3H3. The van der Waals surface area contributed by atoms with E-state index in [0.29, 0.717) is 19.3 Å². The Labute approximate surface area is 85.8 Å². The first-order chi connectivity index (χ1) is 6.46. The summed E-state index contributed by atoms with van der Waals surface area (Å²) in [5.41, 5.74) is -0.814. The predicted molar refractivity (Wildman–Crippen MR) is 54.8 cm³/mol. The monoisotopic (exact) mass is 202 g/mol. The maximum atomic E-state index is 10.3. The molecule has 3 nitrogen and oxygen atoms in total. The van der Waals surface area contributed by atoms with Crippen LogP contribution in [0.5, 0.6) is 0 Å². The van der Waals surface area contributed by atoms with Gasteiger partial charge in [-0.15, -0.1) is 0 Å². The summed E-state index contributed by atoms with van der Waals surface area (Å²) in [7, 11) is 0. The second kappa shape index (κ2) is 4.17. The Morgan fingerprint density at radius 1 is 1.14 bits per heavy atom. The van der Waals surface area contributed by atoms with E-state index in [1.54, 1.807) is 0 Å². The molecular weight excluding hydrogens is 180 g/mol. The first-order valence-corrected chi connectivity index (χ1v) is 5.54. The van der Waals surface area contributed by atoms with E-state index in [-0.39, 0.29) is 11.8 Å². The average Bonchev–Trinajstić information content (AvgIpc) is 2.45. The topological polar surface area (TPSA) is 60.7 Å². The van der Waals surface area contributed by atoms with Crippen LogP contribution in [0.1, 0.15) is 40.0 Å². The fourth-order valence-electron chi connectivity index (χ4n) is 2.57. The van der Waals surface area contributed by atoms with Crippen LogP contribution in [0.25, 0.3) is 0 Å². The quantitative estimate of drug-likeness (QED) is 0.637. The van der Waals surface area contributed by atoms with Crippen LogP contribution in [0.2, 0.25) is 0 Å². The molecule has 0 saturated heterocycles. The van der Waals surface area contributed by atoms with Gasteiger partial charge in [0.1, 0.15) is 0 Å². The van der Waals surface area contributed by atoms with Crippen LogP contribution in [-0.2, 0) is 0 Å². The predicted octanol–water partition coefficient (Wildman–Crippen LogP) is 0.915. The van der Waals surface area contributed by atoms with Crippen LogP contribution in [0.3, 0.4) is 0 Å². The highest BCUT2D eigenvalue weighted by Crippen LogP contribution is 2.41. The van der Waals surface area contributed by atoms with Crippen molar-refractivity contribution in [3.63, 3.8) is 0 Å². The van der Waals surface area contributed by atoms with Crippen molar-refractivity contribution in [2.75, 3.05) is 0 Å². The van der Waals surface area contributed by atoms with Crippen molar-refractivity contribution >= 4 is 0 Å². The molecule has 0 amide bonds. The smallest absolute Gasteiger partial charge is 0.0857 e. The van der Waals surface area contributed by atoms with E-state index in [2.05, 4.69) is 0 Å². The van der Waals surface area contributed by atoms with Gasteiger partial charge in [0.2, 0.25) is 0 Å². The molecule has 0 heterocycles. The fraction of sp³-hybridized carbons (Fsp3) is 1.00. The molecule has 1 aliphatic rings. The fourth-order valence-corrected chi connectivity index (χ4v) is 2.57. The zero-order valence-corrected chi connectivity index (χ0v) is 9.27. The first kappa shape index (κ1) is 12.0. The normalized spacial score (nSPS) is 39.0. The largest absolute Gasteiger partial charge is 0.390 e. The molecule has 0 spiro atoms. The van der Waals surface area contributed by atoms with Crippen molar-refractivity contribution in [1.29, 1.82) is 0 Å². The summed E-state index contributed by atoms with van der Waals surface area (Å²) < 4.78 is 0. The molecule has 0 bridgehead atoms. The van der Waals surface area contributed by atoms with Crippen LogP contribution in [0, 0.1) is 11.8 Å². The van der Waals surface area contributed by atoms with Crippen molar-refractivity contribution < 1.29 is 15.3 Å². The van der Waals surface area contributed by atoms with Gasteiger partial charge < -0.3 is 15.3 Å².